The third-order valence-electron chi connectivity index (χ3n) is 13.3. The van der Waals surface area contributed by atoms with Crippen LogP contribution in [0.4, 0.5) is 0 Å². The minimum absolute atomic E-state index is 0. The minimum Gasteiger partial charge on any atom is -0.342 e. The normalized spacial score (nSPS) is 43.3. The summed E-state index contributed by atoms with van der Waals surface area (Å²) in [4.78, 5) is 26.9. The Hall–Kier alpha value is -0.320. The number of piperidine rings is 2. The van der Waals surface area contributed by atoms with Crippen LogP contribution in [0.1, 0.15) is 130 Å². The third-order valence-corrected chi connectivity index (χ3v) is 13.7. The maximum Gasteiger partial charge on any atom is 0.228 e. The first kappa shape index (κ1) is 33.1. The number of likely N-dealkylation sites (tertiary alicyclic amines) is 1. The molecule has 42 heavy (non-hydrogen) atoms. The highest BCUT2D eigenvalue weighted by Gasteiger charge is 2.56. The average molecular weight is 624 g/mol. The molecule has 2 heterocycles. The molecule has 0 atom stereocenters. The molecule has 8 saturated carbocycles. The maximum absolute atomic E-state index is 13.2. The lowest BCUT2D eigenvalue weighted by Gasteiger charge is -2.57. The van der Waals surface area contributed by atoms with Crippen LogP contribution in [0.15, 0.2) is 0 Å². The van der Waals surface area contributed by atoms with Crippen LogP contribution >= 0.6 is 24.0 Å². The molecule has 0 unspecified atom stereocenters. The molecule has 0 radical (unpaired) electrons. The van der Waals surface area contributed by atoms with Crippen molar-refractivity contribution >= 4 is 35.2 Å². The molecule has 2 aliphatic heterocycles. The van der Waals surface area contributed by atoms with Crippen molar-refractivity contribution < 1.29 is 9.59 Å². The number of nitrogens with one attached hydrogen (secondary N) is 1. The van der Waals surface area contributed by atoms with E-state index in [-0.39, 0.29) is 28.5 Å². The van der Waals surface area contributed by atoms with E-state index in [0.717, 1.165) is 67.9 Å². The number of halogens is 2. The van der Waals surface area contributed by atoms with Crippen LogP contribution in [-0.2, 0) is 9.59 Å². The molecule has 1 N–H and O–H groups in total. The quantitative estimate of drug-likeness (QED) is 0.313. The van der Waals surface area contributed by atoms with E-state index in [1.54, 1.807) is 0 Å². The van der Waals surface area contributed by atoms with Crippen LogP contribution in [0.25, 0.3) is 0 Å². The molecule has 8 aliphatic carbocycles. The van der Waals surface area contributed by atoms with Crippen LogP contribution in [-0.4, -0.2) is 42.2 Å². The van der Waals surface area contributed by atoms with E-state index in [1.165, 1.54) is 96.6 Å². The number of carbonyl (C=O) groups is 2. The van der Waals surface area contributed by atoms with Gasteiger partial charge in [-0.15, -0.1) is 12.4 Å². The van der Waals surface area contributed by atoms with Gasteiger partial charge in [0.15, 0.2) is 0 Å². The highest BCUT2D eigenvalue weighted by Crippen LogP contribution is 2.62. The predicted octanol–water partition coefficient (Wildman–Crippen LogP) is 8.64. The van der Waals surface area contributed by atoms with Gasteiger partial charge in [-0.1, -0.05) is 27.7 Å². The van der Waals surface area contributed by atoms with Gasteiger partial charge in [0, 0.05) is 18.5 Å². The van der Waals surface area contributed by atoms with E-state index in [2.05, 4.69) is 37.9 Å². The van der Waals surface area contributed by atoms with Gasteiger partial charge >= 0.3 is 0 Å². The fourth-order valence-electron chi connectivity index (χ4n) is 11.5. The van der Waals surface area contributed by atoms with Crippen LogP contribution in [0.2, 0.25) is 0 Å². The molecule has 4 nitrogen and oxygen atoms in total. The van der Waals surface area contributed by atoms with E-state index >= 15 is 0 Å². The number of nitrogens with zero attached hydrogens (tertiary/aromatic N) is 1. The summed E-state index contributed by atoms with van der Waals surface area (Å²) in [6, 6.07) is 0. The monoisotopic (exact) mass is 622 g/mol. The maximum atomic E-state index is 13.2. The van der Waals surface area contributed by atoms with E-state index in [1.807, 2.05) is 0 Å². The molecular formula is C36H60Cl2N2O2. The van der Waals surface area contributed by atoms with E-state index in [0.29, 0.717) is 16.7 Å². The Bertz CT molecular complexity index is 902. The largest absolute Gasteiger partial charge is 0.342 e. The molecule has 0 aromatic rings. The van der Waals surface area contributed by atoms with Crippen molar-refractivity contribution in [3.05, 3.63) is 0 Å². The van der Waals surface area contributed by atoms with Gasteiger partial charge in [0.25, 0.3) is 0 Å². The molecule has 10 rings (SSSR count). The number of amides is 1. The van der Waals surface area contributed by atoms with Gasteiger partial charge in [-0.05, 0) is 174 Å². The van der Waals surface area contributed by atoms with Crippen LogP contribution in [0.3, 0.4) is 0 Å². The average Bonchev–Trinajstić information content (AvgIpc) is 2.87. The zero-order chi connectivity index (χ0) is 29.0. The Labute approximate surface area is 268 Å². The standard InChI is InChI=1S/C18H29NO.C11H15ClO.C7H15N.ClH/c1-17(2)3-5-19(6-4-17)16(20)18-10-13-7-14(11-18)9-15(8-13)12-18;12-10(13)11-4-7-1-8(5-11)3-9(2-7)6-11;1-7(2)3-5-8-6-4-7;/h13-15H,3-12H2,1-2H3;7-9H,1-6H2;8H,3-6H2,1-2H3;1H. The van der Waals surface area contributed by atoms with Crippen molar-refractivity contribution in [2.75, 3.05) is 26.2 Å². The second-order valence-electron chi connectivity index (χ2n) is 18.0. The third kappa shape index (κ3) is 7.06. The zero-order valence-corrected chi connectivity index (χ0v) is 28.7. The summed E-state index contributed by atoms with van der Waals surface area (Å²) >= 11 is 5.76. The van der Waals surface area contributed by atoms with Crippen LogP contribution in [0.5, 0.6) is 0 Å². The lowest BCUT2D eigenvalue weighted by Crippen LogP contribution is -2.56. The second kappa shape index (κ2) is 12.5. The zero-order valence-electron chi connectivity index (χ0n) is 27.2. The van der Waals surface area contributed by atoms with Crippen LogP contribution < -0.4 is 5.32 Å². The molecule has 1 amide bonds. The number of rotatable bonds is 2. The molecule has 6 heteroatoms. The first-order valence-electron chi connectivity index (χ1n) is 17.5. The van der Waals surface area contributed by atoms with Gasteiger partial charge in [0.05, 0.1) is 5.41 Å². The molecule has 10 fully saturated rings. The Balaban J connectivity index is 0.000000138. The highest BCUT2D eigenvalue weighted by molar-refractivity contribution is 6.64. The van der Waals surface area contributed by atoms with Gasteiger partial charge in [0.2, 0.25) is 11.1 Å². The Morgan fingerprint density at radius 3 is 1.24 bits per heavy atom. The van der Waals surface area contributed by atoms with Crippen LogP contribution in [0, 0.1) is 57.2 Å². The lowest BCUT2D eigenvalue weighted by atomic mass is 9.49. The van der Waals surface area contributed by atoms with Crippen molar-refractivity contribution in [1.29, 1.82) is 0 Å². The van der Waals surface area contributed by atoms with Crippen molar-refractivity contribution in [3.63, 3.8) is 0 Å². The summed E-state index contributed by atoms with van der Waals surface area (Å²) < 4.78 is 0. The molecule has 10 aliphatic rings. The first-order chi connectivity index (χ1) is 19.3. The van der Waals surface area contributed by atoms with E-state index < -0.39 is 0 Å². The Morgan fingerprint density at radius 1 is 0.595 bits per heavy atom. The SMILES string of the molecule is CC1(C)CCN(C(=O)C23CC4CC(CC(C4)C2)C3)CC1.CC1(C)CCNCC1.Cl.O=C(Cl)C12CC3CC(CC(C3)C1)C2. The van der Waals surface area contributed by atoms with Crippen molar-refractivity contribution in [1.82, 2.24) is 10.2 Å². The molecule has 0 aromatic heterocycles. The van der Waals surface area contributed by atoms with Gasteiger partial charge in [0.1, 0.15) is 0 Å². The van der Waals surface area contributed by atoms with E-state index in [9.17, 15) is 9.59 Å². The summed E-state index contributed by atoms with van der Waals surface area (Å²) in [5.41, 5.74) is 1.07. The van der Waals surface area contributed by atoms with E-state index in [4.69, 9.17) is 11.6 Å². The first-order valence-corrected chi connectivity index (χ1v) is 17.9. The molecule has 240 valence electrons. The summed E-state index contributed by atoms with van der Waals surface area (Å²) in [6.07, 6.45) is 20.4. The van der Waals surface area contributed by atoms with Gasteiger partial charge < -0.3 is 10.2 Å². The fraction of sp³-hybridized carbons (Fsp3) is 0.944. The summed E-state index contributed by atoms with van der Waals surface area (Å²) in [7, 11) is 0. The number of hydrogen-bond donors (Lipinski definition) is 1. The number of hydrogen-bond acceptors (Lipinski definition) is 3. The Kier molecular flexibility index (Phi) is 9.81. The second-order valence-corrected chi connectivity index (χ2v) is 18.4. The summed E-state index contributed by atoms with van der Waals surface area (Å²) in [5, 5.41) is 3.30. The molecule has 0 spiro atoms. The molecular weight excluding hydrogens is 563 g/mol. The van der Waals surface area contributed by atoms with Gasteiger partial charge in [-0.25, -0.2) is 0 Å². The van der Waals surface area contributed by atoms with Gasteiger partial charge in [-0.2, -0.15) is 0 Å². The van der Waals surface area contributed by atoms with Crippen molar-refractivity contribution in [3.8, 4) is 0 Å². The predicted molar refractivity (Wildman–Crippen MR) is 175 cm³/mol. The molecule has 0 aromatic carbocycles. The molecule has 2 saturated heterocycles. The smallest absolute Gasteiger partial charge is 0.228 e. The van der Waals surface area contributed by atoms with Gasteiger partial charge in [-0.3, -0.25) is 9.59 Å². The summed E-state index contributed by atoms with van der Waals surface area (Å²) in [5.74, 6) is 5.67. The fourth-order valence-corrected chi connectivity index (χ4v) is 11.7. The molecule has 8 bridgehead atoms. The van der Waals surface area contributed by atoms with Crippen molar-refractivity contribution in [2.45, 2.75) is 130 Å². The Morgan fingerprint density at radius 2 is 0.929 bits per heavy atom. The van der Waals surface area contributed by atoms with Crippen molar-refractivity contribution in [2.24, 2.45) is 57.2 Å². The lowest BCUT2D eigenvalue weighted by molar-refractivity contribution is -0.159. The minimum atomic E-state index is -0.0731. The summed E-state index contributed by atoms with van der Waals surface area (Å²) in [6.45, 7) is 13.8. The topological polar surface area (TPSA) is 49.4 Å². The number of carbonyl (C=O) groups excluding carboxylic acids is 2. The highest BCUT2D eigenvalue weighted by atomic mass is 35.5.